The van der Waals surface area contributed by atoms with E-state index < -0.39 is 0 Å². The highest BCUT2D eigenvalue weighted by Crippen LogP contribution is 2.49. The molecule has 4 nitrogen and oxygen atoms in total. The molecule has 0 aliphatic heterocycles. The summed E-state index contributed by atoms with van der Waals surface area (Å²) in [5, 5.41) is 2.98. The Balaban J connectivity index is 1.64. The van der Waals surface area contributed by atoms with Crippen molar-refractivity contribution in [2.75, 3.05) is 19.6 Å². The maximum Gasteiger partial charge on any atom is 0.223 e. The molecule has 1 N–H and O–H groups in total. The summed E-state index contributed by atoms with van der Waals surface area (Å²) in [6.45, 7) is 8.18. The Kier molecular flexibility index (Phi) is 6.00. The summed E-state index contributed by atoms with van der Waals surface area (Å²) < 4.78 is 0. The predicted molar refractivity (Wildman–Crippen MR) is 90.1 cm³/mol. The lowest BCUT2D eigenvalue weighted by Gasteiger charge is -2.18. The number of rotatable bonds is 8. The standard InChI is InChI=1S/C17H26N2O2S/c1-4-19(5-2)16(20)7-6-10-18-17(21)14-11-13(14)15-9-8-12(3)22-15/h8-9,13-14H,4-7,10-11H2,1-3H3,(H,18,21)/t13-,14-/m0/s1. The smallest absolute Gasteiger partial charge is 0.223 e. The van der Waals surface area contributed by atoms with Crippen LogP contribution in [-0.2, 0) is 9.59 Å². The summed E-state index contributed by atoms with van der Waals surface area (Å²) in [5.41, 5.74) is 0. The Morgan fingerprint density at radius 3 is 2.64 bits per heavy atom. The van der Waals surface area contributed by atoms with Gasteiger partial charge in [-0.15, -0.1) is 11.3 Å². The number of aryl methyl sites for hydroxylation is 1. The molecule has 1 aliphatic rings. The summed E-state index contributed by atoms with van der Waals surface area (Å²) in [6, 6.07) is 4.26. The fourth-order valence-corrected chi connectivity index (χ4v) is 3.82. The zero-order chi connectivity index (χ0) is 16.1. The fourth-order valence-electron chi connectivity index (χ4n) is 2.77. The van der Waals surface area contributed by atoms with Crippen molar-refractivity contribution >= 4 is 23.2 Å². The number of amides is 2. The van der Waals surface area contributed by atoms with Crippen LogP contribution in [0.2, 0.25) is 0 Å². The van der Waals surface area contributed by atoms with Crippen molar-refractivity contribution in [2.45, 2.75) is 46.0 Å². The van der Waals surface area contributed by atoms with Gasteiger partial charge in [-0.2, -0.15) is 0 Å². The molecule has 5 heteroatoms. The third-order valence-electron chi connectivity index (χ3n) is 4.24. The minimum Gasteiger partial charge on any atom is -0.356 e. The second kappa shape index (κ2) is 7.77. The lowest BCUT2D eigenvalue weighted by Crippen LogP contribution is -2.32. The van der Waals surface area contributed by atoms with Crippen LogP contribution in [0.15, 0.2) is 12.1 Å². The molecule has 1 saturated carbocycles. The molecule has 2 rings (SSSR count). The molecule has 2 atom stereocenters. The van der Waals surface area contributed by atoms with E-state index in [0.29, 0.717) is 18.9 Å². The molecule has 1 aromatic rings. The molecule has 22 heavy (non-hydrogen) atoms. The number of hydrogen-bond acceptors (Lipinski definition) is 3. The van der Waals surface area contributed by atoms with E-state index >= 15 is 0 Å². The highest BCUT2D eigenvalue weighted by Gasteiger charge is 2.44. The van der Waals surface area contributed by atoms with Crippen LogP contribution in [0.5, 0.6) is 0 Å². The summed E-state index contributed by atoms with van der Waals surface area (Å²) in [6.07, 6.45) is 2.20. The highest BCUT2D eigenvalue weighted by molar-refractivity contribution is 7.12. The number of carbonyl (C=O) groups excluding carboxylic acids is 2. The van der Waals surface area contributed by atoms with Gasteiger partial charge in [0.1, 0.15) is 0 Å². The van der Waals surface area contributed by atoms with Crippen molar-refractivity contribution in [2.24, 2.45) is 5.92 Å². The molecule has 1 aromatic heterocycles. The van der Waals surface area contributed by atoms with Crippen molar-refractivity contribution in [3.63, 3.8) is 0 Å². The van der Waals surface area contributed by atoms with Crippen LogP contribution in [0.1, 0.15) is 48.8 Å². The van der Waals surface area contributed by atoms with E-state index in [0.717, 1.165) is 25.9 Å². The first-order valence-electron chi connectivity index (χ1n) is 8.18. The number of carbonyl (C=O) groups is 2. The Morgan fingerprint density at radius 1 is 1.32 bits per heavy atom. The number of thiophene rings is 1. The molecule has 0 spiro atoms. The van der Waals surface area contributed by atoms with Crippen LogP contribution in [0.3, 0.4) is 0 Å². The first-order valence-corrected chi connectivity index (χ1v) is 9.00. The third-order valence-corrected chi connectivity index (χ3v) is 5.37. The minimum absolute atomic E-state index is 0.136. The molecule has 1 aliphatic carbocycles. The van der Waals surface area contributed by atoms with Gasteiger partial charge in [0.15, 0.2) is 0 Å². The van der Waals surface area contributed by atoms with Gasteiger partial charge in [-0.3, -0.25) is 9.59 Å². The Hall–Kier alpha value is -1.36. The zero-order valence-corrected chi connectivity index (χ0v) is 14.5. The Bertz CT molecular complexity index is 522. The van der Waals surface area contributed by atoms with Crippen LogP contribution >= 0.6 is 11.3 Å². The van der Waals surface area contributed by atoms with Gasteiger partial charge in [0, 0.05) is 47.6 Å². The van der Waals surface area contributed by atoms with Gasteiger partial charge in [-0.1, -0.05) is 0 Å². The lowest BCUT2D eigenvalue weighted by molar-refractivity contribution is -0.131. The maximum absolute atomic E-state index is 12.1. The second-order valence-electron chi connectivity index (χ2n) is 5.86. The molecule has 122 valence electrons. The molecule has 0 saturated heterocycles. The number of nitrogens with one attached hydrogen (secondary N) is 1. The maximum atomic E-state index is 12.1. The van der Waals surface area contributed by atoms with Gasteiger partial charge >= 0.3 is 0 Å². The van der Waals surface area contributed by atoms with Gasteiger partial charge in [0.05, 0.1) is 0 Å². The van der Waals surface area contributed by atoms with Crippen molar-refractivity contribution in [3.8, 4) is 0 Å². The summed E-state index contributed by atoms with van der Waals surface area (Å²) in [4.78, 5) is 28.4. The number of nitrogens with zero attached hydrogens (tertiary/aromatic N) is 1. The molecule has 0 unspecified atom stereocenters. The first kappa shape index (κ1) is 17.0. The van der Waals surface area contributed by atoms with Gasteiger partial charge in [-0.05, 0) is 45.7 Å². The lowest BCUT2D eigenvalue weighted by atomic mass is 10.2. The van der Waals surface area contributed by atoms with Crippen LogP contribution in [0, 0.1) is 12.8 Å². The molecule has 0 radical (unpaired) electrons. The van der Waals surface area contributed by atoms with Crippen LogP contribution in [0.25, 0.3) is 0 Å². The molecule has 0 aromatic carbocycles. The Morgan fingerprint density at radius 2 is 2.05 bits per heavy atom. The van der Waals surface area contributed by atoms with Crippen molar-refractivity contribution in [3.05, 3.63) is 21.9 Å². The third kappa shape index (κ3) is 4.32. The second-order valence-corrected chi connectivity index (χ2v) is 7.18. The van der Waals surface area contributed by atoms with Gasteiger partial charge < -0.3 is 10.2 Å². The van der Waals surface area contributed by atoms with Gasteiger partial charge in [-0.25, -0.2) is 0 Å². The molecular weight excluding hydrogens is 296 g/mol. The predicted octanol–water partition coefficient (Wildman–Crippen LogP) is 2.92. The SMILES string of the molecule is CCN(CC)C(=O)CCCNC(=O)[C@H]1C[C@@H]1c1ccc(C)s1. The van der Waals surface area contributed by atoms with E-state index in [4.69, 9.17) is 0 Å². The van der Waals surface area contributed by atoms with E-state index in [1.807, 2.05) is 18.7 Å². The topological polar surface area (TPSA) is 49.4 Å². The molecule has 1 heterocycles. The van der Waals surface area contributed by atoms with E-state index in [1.54, 1.807) is 11.3 Å². The largest absolute Gasteiger partial charge is 0.356 e. The zero-order valence-electron chi connectivity index (χ0n) is 13.7. The normalized spacial score (nSPS) is 19.8. The molecule has 1 fully saturated rings. The van der Waals surface area contributed by atoms with Crippen LogP contribution in [0.4, 0.5) is 0 Å². The molecule has 0 bridgehead atoms. The summed E-state index contributed by atoms with van der Waals surface area (Å²) in [5.74, 6) is 0.872. The minimum atomic E-state index is 0.136. The highest BCUT2D eigenvalue weighted by atomic mass is 32.1. The molecular formula is C17H26N2O2S. The fraction of sp³-hybridized carbons (Fsp3) is 0.647. The van der Waals surface area contributed by atoms with Crippen LogP contribution < -0.4 is 5.32 Å². The Labute approximate surface area is 136 Å². The van der Waals surface area contributed by atoms with Crippen LogP contribution in [-0.4, -0.2) is 36.3 Å². The monoisotopic (exact) mass is 322 g/mol. The van der Waals surface area contributed by atoms with Gasteiger partial charge in [0.25, 0.3) is 0 Å². The first-order chi connectivity index (χ1) is 10.6. The van der Waals surface area contributed by atoms with Crippen molar-refractivity contribution in [1.29, 1.82) is 0 Å². The van der Waals surface area contributed by atoms with Crippen molar-refractivity contribution < 1.29 is 9.59 Å². The number of hydrogen-bond donors (Lipinski definition) is 1. The molecule has 2 amide bonds. The average molecular weight is 322 g/mol. The quantitative estimate of drug-likeness (QED) is 0.748. The average Bonchev–Trinajstić information content (AvgIpc) is 3.19. The van der Waals surface area contributed by atoms with E-state index in [1.165, 1.54) is 9.75 Å². The summed E-state index contributed by atoms with van der Waals surface area (Å²) in [7, 11) is 0. The van der Waals surface area contributed by atoms with E-state index in [-0.39, 0.29) is 17.7 Å². The summed E-state index contributed by atoms with van der Waals surface area (Å²) >= 11 is 1.79. The van der Waals surface area contributed by atoms with Crippen molar-refractivity contribution in [1.82, 2.24) is 10.2 Å². The van der Waals surface area contributed by atoms with Gasteiger partial charge in [0.2, 0.25) is 11.8 Å². The van der Waals surface area contributed by atoms with E-state index in [2.05, 4.69) is 24.4 Å². The van der Waals surface area contributed by atoms with E-state index in [9.17, 15) is 9.59 Å².